The molecule has 0 bridgehead atoms. The third kappa shape index (κ3) is 4.05. The molecular weight excluding hydrogens is 286 g/mol. The van der Waals surface area contributed by atoms with Gasteiger partial charge in [-0.2, -0.15) is 0 Å². The summed E-state index contributed by atoms with van der Waals surface area (Å²) in [7, 11) is 0. The van der Waals surface area contributed by atoms with E-state index in [9.17, 15) is 9.59 Å². The van der Waals surface area contributed by atoms with Crippen molar-refractivity contribution in [2.45, 2.75) is 25.5 Å². The third-order valence-electron chi connectivity index (χ3n) is 3.58. The number of carboxylic acid groups (broad SMARTS) is 1. The van der Waals surface area contributed by atoms with Crippen molar-refractivity contribution in [2.24, 2.45) is 0 Å². The molecule has 0 aromatic heterocycles. The first-order chi connectivity index (χ1) is 10.6. The molecule has 6 heteroatoms. The lowest BCUT2D eigenvalue weighted by Gasteiger charge is -2.37. The molecule has 1 aliphatic rings. The molecule has 22 heavy (non-hydrogen) atoms. The molecule has 1 fully saturated rings. The molecule has 1 aromatic carbocycles. The molecule has 0 saturated carbocycles. The predicted octanol–water partition coefficient (Wildman–Crippen LogP) is 1.47. The topological polar surface area (TPSA) is 76.1 Å². The molecule has 1 aromatic rings. The number of ether oxygens (including phenoxy) is 2. The van der Waals surface area contributed by atoms with Crippen molar-refractivity contribution in [1.82, 2.24) is 4.90 Å². The van der Waals surface area contributed by atoms with Crippen molar-refractivity contribution in [3.63, 3.8) is 0 Å². The number of hydrogen-bond acceptors (Lipinski definition) is 4. The van der Waals surface area contributed by atoms with Crippen LogP contribution in [0.15, 0.2) is 30.3 Å². The van der Waals surface area contributed by atoms with Crippen molar-refractivity contribution in [3.8, 4) is 0 Å². The summed E-state index contributed by atoms with van der Waals surface area (Å²) >= 11 is 0. The number of amides is 1. The maximum absolute atomic E-state index is 12.8. The lowest BCUT2D eigenvalue weighted by molar-refractivity contribution is -0.155. The maximum atomic E-state index is 12.8. The Kier molecular flexibility index (Phi) is 5.91. The second-order valence-electron chi connectivity index (χ2n) is 5.10. The van der Waals surface area contributed by atoms with E-state index in [0.717, 1.165) is 5.56 Å². The van der Waals surface area contributed by atoms with Gasteiger partial charge in [0.15, 0.2) is 6.10 Å². The smallest absolute Gasteiger partial charge is 0.305 e. The van der Waals surface area contributed by atoms with Gasteiger partial charge in [-0.05, 0) is 12.5 Å². The molecule has 0 radical (unpaired) electrons. The number of carbonyl (C=O) groups excluding carboxylic acids is 1. The molecule has 0 spiro atoms. The molecule has 2 rings (SSSR count). The van der Waals surface area contributed by atoms with Crippen LogP contribution in [0, 0.1) is 0 Å². The van der Waals surface area contributed by atoms with Crippen LogP contribution in [0.1, 0.15) is 25.0 Å². The largest absolute Gasteiger partial charge is 0.481 e. The van der Waals surface area contributed by atoms with Gasteiger partial charge in [-0.1, -0.05) is 30.3 Å². The predicted molar refractivity (Wildman–Crippen MR) is 79.4 cm³/mol. The number of morpholine rings is 1. The van der Waals surface area contributed by atoms with Crippen LogP contribution < -0.4 is 0 Å². The Balaban J connectivity index is 2.19. The number of carboxylic acids is 1. The number of benzene rings is 1. The average Bonchev–Trinajstić information content (AvgIpc) is 2.53. The van der Waals surface area contributed by atoms with Crippen LogP contribution in [0.3, 0.4) is 0 Å². The Labute approximate surface area is 129 Å². The van der Waals surface area contributed by atoms with Crippen molar-refractivity contribution in [2.75, 3.05) is 26.4 Å². The molecule has 1 amide bonds. The minimum absolute atomic E-state index is 0.126. The van der Waals surface area contributed by atoms with Gasteiger partial charge in [-0.25, -0.2) is 0 Å². The standard InChI is InChI=1S/C16H21NO5/c1-2-22-15(12-6-4-3-5-7-12)16(20)17-8-9-21-11-13(17)10-14(18)19/h3-7,13,15H,2,8-11H2,1H3,(H,18,19). The molecule has 1 saturated heterocycles. The number of rotatable bonds is 6. The van der Waals surface area contributed by atoms with Gasteiger partial charge in [-0.3, -0.25) is 9.59 Å². The summed E-state index contributed by atoms with van der Waals surface area (Å²) in [4.78, 5) is 25.4. The Morgan fingerprint density at radius 2 is 2.14 bits per heavy atom. The van der Waals surface area contributed by atoms with E-state index in [0.29, 0.717) is 19.8 Å². The highest BCUT2D eigenvalue weighted by Crippen LogP contribution is 2.23. The molecular formula is C16H21NO5. The van der Waals surface area contributed by atoms with E-state index >= 15 is 0 Å². The first-order valence-corrected chi connectivity index (χ1v) is 7.40. The van der Waals surface area contributed by atoms with Crippen molar-refractivity contribution >= 4 is 11.9 Å². The van der Waals surface area contributed by atoms with E-state index in [4.69, 9.17) is 14.6 Å². The van der Waals surface area contributed by atoms with Gasteiger partial charge < -0.3 is 19.5 Å². The first kappa shape index (κ1) is 16.5. The summed E-state index contributed by atoms with van der Waals surface area (Å²) in [6.07, 6.45) is -0.833. The second kappa shape index (κ2) is 7.91. The van der Waals surface area contributed by atoms with E-state index < -0.39 is 18.1 Å². The molecule has 1 N–H and O–H groups in total. The van der Waals surface area contributed by atoms with E-state index in [2.05, 4.69) is 0 Å². The normalized spacial score (nSPS) is 19.7. The van der Waals surface area contributed by atoms with Crippen LogP contribution in [0.2, 0.25) is 0 Å². The highest BCUT2D eigenvalue weighted by molar-refractivity contribution is 5.83. The van der Waals surface area contributed by atoms with Crippen molar-refractivity contribution in [3.05, 3.63) is 35.9 Å². The average molecular weight is 307 g/mol. The summed E-state index contributed by atoms with van der Waals surface area (Å²) in [5.41, 5.74) is 0.773. The van der Waals surface area contributed by atoms with Crippen LogP contribution in [-0.2, 0) is 19.1 Å². The van der Waals surface area contributed by atoms with Gasteiger partial charge in [0, 0.05) is 13.2 Å². The molecule has 120 valence electrons. The molecule has 0 aliphatic carbocycles. The van der Waals surface area contributed by atoms with E-state index in [-0.39, 0.29) is 18.9 Å². The van der Waals surface area contributed by atoms with Crippen LogP contribution in [0.5, 0.6) is 0 Å². The molecule has 2 unspecified atom stereocenters. The quantitative estimate of drug-likeness (QED) is 0.861. The highest BCUT2D eigenvalue weighted by atomic mass is 16.5. The Bertz CT molecular complexity index is 505. The summed E-state index contributed by atoms with van der Waals surface area (Å²) in [5.74, 6) is -1.15. The summed E-state index contributed by atoms with van der Waals surface area (Å²) in [6, 6.07) is 8.80. The molecule has 2 atom stereocenters. The Hall–Kier alpha value is -1.92. The minimum Gasteiger partial charge on any atom is -0.481 e. The van der Waals surface area contributed by atoms with Crippen LogP contribution in [0.4, 0.5) is 0 Å². The van der Waals surface area contributed by atoms with E-state index in [1.807, 2.05) is 37.3 Å². The number of hydrogen-bond donors (Lipinski definition) is 1. The number of aliphatic carboxylic acids is 1. The monoisotopic (exact) mass is 307 g/mol. The van der Waals surface area contributed by atoms with Crippen molar-refractivity contribution in [1.29, 1.82) is 0 Å². The molecule has 1 heterocycles. The second-order valence-corrected chi connectivity index (χ2v) is 5.10. The van der Waals surface area contributed by atoms with Gasteiger partial charge in [-0.15, -0.1) is 0 Å². The summed E-state index contributed by atoms with van der Waals surface area (Å²) < 4.78 is 10.9. The number of nitrogens with zero attached hydrogens (tertiary/aromatic N) is 1. The van der Waals surface area contributed by atoms with Gasteiger partial charge in [0.1, 0.15) is 0 Å². The first-order valence-electron chi connectivity index (χ1n) is 7.40. The van der Waals surface area contributed by atoms with Crippen LogP contribution >= 0.6 is 0 Å². The lowest BCUT2D eigenvalue weighted by Crippen LogP contribution is -2.51. The highest BCUT2D eigenvalue weighted by Gasteiger charge is 2.34. The minimum atomic E-state index is -0.944. The van der Waals surface area contributed by atoms with Crippen molar-refractivity contribution < 1.29 is 24.2 Å². The third-order valence-corrected chi connectivity index (χ3v) is 3.58. The van der Waals surface area contributed by atoms with Crippen LogP contribution in [-0.4, -0.2) is 54.3 Å². The Morgan fingerprint density at radius 3 is 2.77 bits per heavy atom. The summed E-state index contributed by atoms with van der Waals surface area (Å²) in [5, 5.41) is 9.00. The lowest BCUT2D eigenvalue weighted by atomic mass is 10.1. The fourth-order valence-corrected chi connectivity index (χ4v) is 2.57. The zero-order chi connectivity index (χ0) is 15.9. The molecule has 1 aliphatic heterocycles. The van der Waals surface area contributed by atoms with E-state index in [1.54, 1.807) is 4.90 Å². The fraction of sp³-hybridized carbons (Fsp3) is 0.500. The van der Waals surface area contributed by atoms with Gasteiger partial charge in [0.25, 0.3) is 5.91 Å². The number of carbonyl (C=O) groups is 2. The SMILES string of the molecule is CCOC(C(=O)N1CCOCC1CC(=O)O)c1ccccc1. The van der Waals surface area contributed by atoms with E-state index in [1.165, 1.54) is 0 Å². The van der Waals surface area contributed by atoms with Gasteiger partial charge >= 0.3 is 5.97 Å². The fourth-order valence-electron chi connectivity index (χ4n) is 2.57. The zero-order valence-electron chi connectivity index (χ0n) is 12.6. The Morgan fingerprint density at radius 1 is 1.41 bits per heavy atom. The summed E-state index contributed by atoms with van der Waals surface area (Å²) in [6.45, 7) is 3.27. The molecule has 6 nitrogen and oxygen atoms in total. The van der Waals surface area contributed by atoms with Gasteiger partial charge in [0.05, 0.1) is 25.7 Å². The van der Waals surface area contributed by atoms with Gasteiger partial charge in [0.2, 0.25) is 0 Å². The zero-order valence-corrected chi connectivity index (χ0v) is 12.6. The van der Waals surface area contributed by atoms with Crippen LogP contribution in [0.25, 0.3) is 0 Å². The maximum Gasteiger partial charge on any atom is 0.305 e.